The van der Waals surface area contributed by atoms with Crippen molar-refractivity contribution >= 4 is 28.7 Å². The molecule has 0 spiro atoms. The van der Waals surface area contributed by atoms with Gasteiger partial charge in [-0.25, -0.2) is 9.37 Å². The molecule has 0 saturated carbocycles. The van der Waals surface area contributed by atoms with Crippen LogP contribution >= 0.6 is 11.8 Å². The van der Waals surface area contributed by atoms with Crippen LogP contribution < -0.4 is 0 Å². The normalized spacial score (nSPS) is 12.3. The number of aromatic nitrogens is 2. The Hall–Kier alpha value is -2.34. The molecule has 0 aliphatic rings. The van der Waals surface area contributed by atoms with Crippen LogP contribution in [0.1, 0.15) is 18.1 Å². The lowest BCUT2D eigenvalue weighted by atomic mass is 10.2. The fraction of sp³-hybridized carbons (Fsp3) is 0.263. The standard InChI is InChI=1S/C19H20FN3OS/c1-12-7-8-16-17(9-12)22-19(21-16)25-13(2)18(24)23(3)11-14-5-4-6-15(20)10-14/h4-10,13H,11H2,1-3H3,(H,21,22). The van der Waals surface area contributed by atoms with Gasteiger partial charge in [-0.1, -0.05) is 30.0 Å². The monoisotopic (exact) mass is 357 g/mol. The molecule has 1 aromatic heterocycles. The summed E-state index contributed by atoms with van der Waals surface area (Å²) < 4.78 is 13.3. The van der Waals surface area contributed by atoms with Crippen molar-refractivity contribution in [1.82, 2.24) is 14.9 Å². The molecule has 0 aliphatic heterocycles. The summed E-state index contributed by atoms with van der Waals surface area (Å²) in [5, 5.41) is 0.431. The topological polar surface area (TPSA) is 49.0 Å². The van der Waals surface area contributed by atoms with E-state index in [0.717, 1.165) is 27.3 Å². The highest BCUT2D eigenvalue weighted by molar-refractivity contribution is 8.00. The quantitative estimate of drug-likeness (QED) is 0.698. The predicted octanol–water partition coefficient (Wildman–Crippen LogP) is 4.15. The molecule has 0 radical (unpaired) electrons. The molecule has 1 amide bonds. The molecule has 0 bridgehead atoms. The van der Waals surface area contributed by atoms with Gasteiger partial charge in [0, 0.05) is 13.6 Å². The number of amides is 1. The van der Waals surface area contributed by atoms with Crippen LogP contribution in [0.5, 0.6) is 0 Å². The van der Waals surface area contributed by atoms with E-state index in [1.807, 2.05) is 38.1 Å². The minimum Gasteiger partial charge on any atom is -0.340 e. The zero-order valence-electron chi connectivity index (χ0n) is 14.4. The van der Waals surface area contributed by atoms with Gasteiger partial charge in [-0.2, -0.15) is 0 Å². The second kappa shape index (κ2) is 7.27. The Balaban J connectivity index is 1.66. The molecule has 0 fully saturated rings. The summed E-state index contributed by atoms with van der Waals surface area (Å²) in [6.45, 7) is 4.26. The van der Waals surface area contributed by atoms with Crippen molar-refractivity contribution in [3.05, 3.63) is 59.4 Å². The zero-order chi connectivity index (χ0) is 18.0. The molecule has 2 aromatic carbocycles. The van der Waals surface area contributed by atoms with E-state index < -0.39 is 0 Å². The second-order valence-electron chi connectivity index (χ2n) is 6.15. The molecule has 1 atom stereocenters. The Labute approximate surface area is 150 Å². The van der Waals surface area contributed by atoms with Crippen molar-refractivity contribution in [3.63, 3.8) is 0 Å². The Morgan fingerprint density at radius 1 is 1.32 bits per heavy atom. The number of hydrogen-bond donors (Lipinski definition) is 1. The molecule has 130 valence electrons. The molecule has 4 nitrogen and oxygen atoms in total. The fourth-order valence-corrected chi connectivity index (χ4v) is 3.61. The van der Waals surface area contributed by atoms with E-state index >= 15 is 0 Å². The molecule has 25 heavy (non-hydrogen) atoms. The maximum atomic E-state index is 13.3. The highest BCUT2D eigenvalue weighted by Crippen LogP contribution is 2.25. The number of nitrogens with one attached hydrogen (secondary N) is 1. The highest BCUT2D eigenvalue weighted by Gasteiger charge is 2.20. The van der Waals surface area contributed by atoms with Gasteiger partial charge < -0.3 is 9.88 Å². The number of aromatic amines is 1. The first-order valence-electron chi connectivity index (χ1n) is 8.05. The Morgan fingerprint density at radius 3 is 2.88 bits per heavy atom. The molecule has 6 heteroatoms. The first-order valence-corrected chi connectivity index (χ1v) is 8.93. The third-order valence-electron chi connectivity index (χ3n) is 3.94. The van der Waals surface area contributed by atoms with E-state index in [1.165, 1.54) is 23.9 Å². The molecular weight excluding hydrogens is 337 g/mol. The smallest absolute Gasteiger partial charge is 0.235 e. The number of rotatable bonds is 5. The number of carbonyl (C=O) groups excluding carboxylic acids is 1. The first kappa shape index (κ1) is 17.5. The van der Waals surface area contributed by atoms with Crippen LogP contribution in [0, 0.1) is 12.7 Å². The van der Waals surface area contributed by atoms with E-state index in [2.05, 4.69) is 9.97 Å². The summed E-state index contributed by atoms with van der Waals surface area (Å²) in [6.07, 6.45) is 0. The highest BCUT2D eigenvalue weighted by atomic mass is 32.2. The second-order valence-corrected chi connectivity index (χ2v) is 7.48. The van der Waals surface area contributed by atoms with Gasteiger partial charge in [0.2, 0.25) is 5.91 Å². The first-order chi connectivity index (χ1) is 11.9. The van der Waals surface area contributed by atoms with Crippen molar-refractivity contribution < 1.29 is 9.18 Å². The number of carbonyl (C=O) groups is 1. The minimum atomic E-state index is -0.293. The van der Waals surface area contributed by atoms with Crippen LogP contribution in [0.4, 0.5) is 4.39 Å². The molecular formula is C19H20FN3OS. The Bertz CT molecular complexity index is 909. The van der Waals surface area contributed by atoms with Crippen LogP contribution in [0.15, 0.2) is 47.6 Å². The van der Waals surface area contributed by atoms with Crippen molar-refractivity contribution in [1.29, 1.82) is 0 Å². The molecule has 3 rings (SSSR count). The number of thioether (sulfide) groups is 1. The largest absolute Gasteiger partial charge is 0.340 e. The van der Waals surface area contributed by atoms with E-state index in [9.17, 15) is 9.18 Å². The van der Waals surface area contributed by atoms with Gasteiger partial charge >= 0.3 is 0 Å². The maximum absolute atomic E-state index is 13.3. The third kappa shape index (κ3) is 4.20. The number of fused-ring (bicyclic) bond motifs is 1. The number of benzene rings is 2. The zero-order valence-corrected chi connectivity index (χ0v) is 15.2. The average molecular weight is 357 g/mol. The number of imidazole rings is 1. The van der Waals surface area contributed by atoms with Crippen LogP contribution in [0.2, 0.25) is 0 Å². The number of halogens is 1. The molecule has 0 saturated heterocycles. The van der Waals surface area contributed by atoms with Crippen molar-refractivity contribution in [2.45, 2.75) is 30.8 Å². The number of hydrogen-bond acceptors (Lipinski definition) is 3. The molecule has 3 aromatic rings. The van der Waals surface area contributed by atoms with Gasteiger partial charge in [0.25, 0.3) is 0 Å². The van der Waals surface area contributed by atoms with E-state index in [0.29, 0.717) is 6.54 Å². The van der Waals surface area contributed by atoms with Gasteiger partial charge in [0.05, 0.1) is 16.3 Å². The van der Waals surface area contributed by atoms with E-state index in [-0.39, 0.29) is 17.0 Å². The molecule has 1 N–H and O–H groups in total. The van der Waals surface area contributed by atoms with Gasteiger partial charge in [-0.15, -0.1) is 0 Å². The lowest BCUT2D eigenvalue weighted by molar-refractivity contribution is -0.129. The van der Waals surface area contributed by atoms with Gasteiger partial charge in [-0.05, 0) is 49.2 Å². The lowest BCUT2D eigenvalue weighted by Crippen LogP contribution is -2.32. The van der Waals surface area contributed by atoms with Crippen molar-refractivity contribution in [2.75, 3.05) is 7.05 Å². The minimum absolute atomic E-state index is 0.0223. The summed E-state index contributed by atoms with van der Waals surface area (Å²) in [5.41, 5.74) is 3.79. The van der Waals surface area contributed by atoms with Crippen LogP contribution in [0.25, 0.3) is 11.0 Å². The predicted molar refractivity (Wildman–Crippen MR) is 99.0 cm³/mol. The Kier molecular flexibility index (Phi) is 5.08. The third-order valence-corrected chi connectivity index (χ3v) is 4.91. The van der Waals surface area contributed by atoms with Crippen molar-refractivity contribution in [3.8, 4) is 0 Å². The van der Waals surface area contributed by atoms with Gasteiger partial charge in [0.1, 0.15) is 5.82 Å². The number of aryl methyl sites for hydroxylation is 1. The fourth-order valence-electron chi connectivity index (χ4n) is 2.67. The summed E-state index contributed by atoms with van der Waals surface area (Å²) in [7, 11) is 1.73. The SMILES string of the molecule is Cc1ccc2nc(SC(C)C(=O)N(C)Cc3cccc(F)c3)[nH]c2c1. The van der Waals surface area contributed by atoms with Gasteiger partial charge in [-0.3, -0.25) is 4.79 Å². The van der Waals surface area contributed by atoms with Crippen LogP contribution in [-0.2, 0) is 11.3 Å². The average Bonchev–Trinajstić information content (AvgIpc) is 2.95. The Morgan fingerprint density at radius 2 is 2.12 bits per heavy atom. The van der Waals surface area contributed by atoms with Crippen molar-refractivity contribution in [2.24, 2.45) is 0 Å². The molecule has 1 heterocycles. The maximum Gasteiger partial charge on any atom is 0.235 e. The van der Waals surface area contributed by atoms with E-state index in [1.54, 1.807) is 18.0 Å². The summed E-state index contributed by atoms with van der Waals surface area (Å²) >= 11 is 1.39. The van der Waals surface area contributed by atoms with E-state index in [4.69, 9.17) is 0 Å². The summed E-state index contributed by atoms with van der Waals surface area (Å²) in [6, 6.07) is 12.3. The summed E-state index contributed by atoms with van der Waals surface area (Å²) in [4.78, 5) is 22.0. The van der Waals surface area contributed by atoms with Crippen LogP contribution in [-0.4, -0.2) is 33.1 Å². The van der Waals surface area contributed by atoms with Crippen LogP contribution in [0.3, 0.4) is 0 Å². The summed E-state index contributed by atoms with van der Waals surface area (Å²) in [5.74, 6) is -0.316. The molecule has 0 aliphatic carbocycles. The lowest BCUT2D eigenvalue weighted by Gasteiger charge is -2.20. The molecule has 1 unspecified atom stereocenters. The number of H-pyrrole nitrogens is 1. The van der Waals surface area contributed by atoms with Gasteiger partial charge in [0.15, 0.2) is 5.16 Å². The number of nitrogens with zero attached hydrogens (tertiary/aromatic N) is 2.